The monoisotopic (exact) mass is 290 g/mol. The first kappa shape index (κ1) is 15.3. The zero-order valence-corrected chi connectivity index (χ0v) is 13.0. The number of hydrogen-bond donors (Lipinski definition) is 1. The number of benzene rings is 1. The summed E-state index contributed by atoms with van der Waals surface area (Å²) in [6, 6.07) is 5.95. The molecule has 6 nitrogen and oxygen atoms in total. The highest BCUT2D eigenvalue weighted by molar-refractivity contribution is 5.42. The molecule has 0 radical (unpaired) electrons. The summed E-state index contributed by atoms with van der Waals surface area (Å²) in [6.45, 7) is 2.87. The van der Waals surface area contributed by atoms with Crippen molar-refractivity contribution in [1.29, 1.82) is 0 Å². The number of ether oxygens (including phenoxy) is 2. The fraction of sp³-hybridized carbons (Fsp3) is 0.467. The van der Waals surface area contributed by atoms with Crippen molar-refractivity contribution >= 4 is 0 Å². The normalized spacial score (nSPS) is 12.2. The van der Waals surface area contributed by atoms with Crippen molar-refractivity contribution in [3.63, 3.8) is 0 Å². The lowest BCUT2D eigenvalue weighted by atomic mass is 10.0. The third-order valence-corrected chi connectivity index (χ3v) is 3.55. The lowest BCUT2D eigenvalue weighted by Gasteiger charge is -2.19. The largest absolute Gasteiger partial charge is 0.497 e. The number of aryl methyl sites for hydroxylation is 1. The Morgan fingerprint density at radius 1 is 1.29 bits per heavy atom. The van der Waals surface area contributed by atoms with Gasteiger partial charge >= 0.3 is 0 Å². The Kier molecular flexibility index (Phi) is 5.16. The molecule has 1 N–H and O–H groups in total. The predicted octanol–water partition coefficient (Wildman–Crippen LogP) is 1.82. The maximum Gasteiger partial charge on any atom is 0.138 e. The second kappa shape index (κ2) is 7.08. The van der Waals surface area contributed by atoms with E-state index in [1.54, 1.807) is 20.5 Å². The lowest BCUT2D eigenvalue weighted by Crippen LogP contribution is -2.21. The third-order valence-electron chi connectivity index (χ3n) is 3.55. The van der Waals surface area contributed by atoms with Crippen LogP contribution in [-0.2, 0) is 13.0 Å². The second-order valence-electron chi connectivity index (χ2n) is 4.65. The van der Waals surface area contributed by atoms with Gasteiger partial charge in [0.25, 0.3) is 0 Å². The molecule has 1 atom stereocenters. The molecule has 2 aromatic rings. The minimum Gasteiger partial charge on any atom is -0.497 e. The Bertz CT molecular complexity index is 583. The summed E-state index contributed by atoms with van der Waals surface area (Å²) >= 11 is 0. The van der Waals surface area contributed by atoms with Gasteiger partial charge in [-0.15, -0.1) is 0 Å². The summed E-state index contributed by atoms with van der Waals surface area (Å²) < 4.78 is 12.6. The van der Waals surface area contributed by atoms with Crippen molar-refractivity contribution in [2.45, 2.75) is 25.9 Å². The van der Waals surface area contributed by atoms with Crippen molar-refractivity contribution in [3.05, 3.63) is 35.9 Å². The highest BCUT2D eigenvalue weighted by atomic mass is 16.5. The van der Waals surface area contributed by atoms with Crippen molar-refractivity contribution in [1.82, 2.24) is 20.1 Å². The minimum atomic E-state index is 0.0976. The molecule has 0 aliphatic rings. The highest BCUT2D eigenvalue weighted by Crippen LogP contribution is 2.30. The molecule has 6 heteroatoms. The molecule has 1 unspecified atom stereocenters. The van der Waals surface area contributed by atoms with Crippen LogP contribution in [0.3, 0.4) is 0 Å². The van der Waals surface area contributed by atoms with Crippen LogP contribution in [0.15, 0.2) is 24.5 Å². The van der Waals surface area contributed by atoms with Crippen molar-refractivity contribution in [3.8, 4) is 11.5 Å². The number of nitrogens with one attached hydrogen (secondary N) is 1. The van der Waals surface area contributed by atoms with E-state index >= 15 is 0 Å². The molecule has 0 saturated carbocycles. The van der Waals surface area contributed by atoms with Gasteiger partial charge < -0.3 is 14.8 Å². The van der Waals surface area contributed by atoms with Crippen LogP contribution in [0.5, 0.6) is 11.5 Å². The van der Waals surface area contributed by atoms with Gasteiger partial charge in [-0.2, -0.15) is 5.10 Å². The molecule has 1 aromatic heterocycles. The standard InChI is InChI=1S/C15H22N4O2/c1-5-19-15(17-10-18-19)9-13(16-2)12-7-6-11(20-3)8-14(12)21-4/h6-8,10,13,16H,5,9H2,1-4H3. The van der Waals surface area contributed by atoms with Gasteiger partial charge in [-0.05, 0) is 20.0 Å². The summed E-state index contributed by atoms with van der Waals surface area (Å²) in [5.74, 6) is 2.54. The quantitative estimate of drug-likeness (QED) is 0.843. The van der Waals surface area contributed by atoms with E-state index in [1.165, 1.54) is 0 Å². The molecule has 2 rings (SSSR count). The number of rotatable bonds is 7. The number of hydrogen-bond acceptors (Lipinski definition) is 5. The average molecular weight is 290 g/mol. The van der Waals surface area contributed by atoms with Gasteiger partial charge in [0.15, 0.2) is 0 Å². The van der Waals surface area contributed by atoms with E-state index in [0.29, 0.717) is 0 Å². The van der Waals surface area contributed by atoms with Gasteiger partial charge in [-0.1, -0.05) is 6.07 Å². The predicted molar refractivity (Wildman–Crippen MR) is 80.7 cm³/mol. The zero-order valence-electron chi connectivity index (χ0n) is 13.0. The van der Waals surface area contributed by atoms with E-state index in [2.05, 4.69) is 22.3 Å². The first-order chi connectivity index (χ1) is 10.2. The maximum absolute atomic E-state index is 5.48. The number of methoxy groups -OCH3 is 2. The maximum atomic E-state index is 5.48. The van der Waals surface area contributed by atoms with Crippen molar-refractivity contribution in [2.24, 2.45) is 0 Å². The zero-order chi connectivity index (χ0) is 15.2. The van der Waals surface area contributed by atoms with E-state index in [9.17, 15) is 0 Å². The van der Waals surface area contributed by atoms with Gasteiger partial charge in [-0.3, -0.25) is 4.68 Å². The fourth-order valence-corrected chi connectivity index (χ4v) is 2.37. The number of nitrogens with zero attached hydrogens (tertiary/aromatic N) is 3. The van der Waals surface area contributed by atoms with E-state index in [4.69, 9.17) is 9.47 Å². The fourth-order valence-electron chi connectivity index (χ4n) is 2.37. The Balaban J connectivity index is 2.29. The number of aromatic nitrogens is 3. The minimum absolute atomic E-state index is 0.0976. The Hall–Kier alpha value is -2.08. The van der Waals surface area contributed by atoms with E-state index < -0.39 is 0 Å². The summed E-state index contributed by atoms with van der Waals surface area (Å²) in [6.07, 6.45) is 2.34. The Morgan fingerprint density at radius 2 is 2.10 bits per heavy atom. The molecule has 0 aliphatic carbocycles. The Morgan fingerprint density at radius 3 is 2.71 bits per heavy atom. The molecule has 21 heavy (non-hydrogen) atoms. The second-order valence-corrected chi connectivity index (χ2v) is 4.65. The topological polar surface area (TPSA) is 61.2 Å². The molecule has 0 spiro atoms. The van der Waals surface area contributed by atoms with Crippen LogP contribution in [0.4, 0.5) is 0 Å². The summed E-state index contributed by atoms with van der Waals surface area (Å²) in [4.78, 5) is 4.34. The van der Waals surface area contributed by atoms with Crippen LogP contribution in [0.2, 0.25) is 0 Å². The van der Waals surface area contributed by atoms with Crippen molar-refractivity contribution < 1.29 is 9.47 Å². The van der Waals surface area contributed by atoms with Crippen molar-refractivity contribution in [2.75, 3.05) is 21.3 Å². The molecule has 0 bridgehead atoms. The molecular weight excluding hydrogens is 268 g/mol. The van der Waals surface area contributed by atoms with Gasteiger partial charge in [0.05, 0.1) is 14.2 Å². The molecule has 114 valence electrons. The van der Waals surface area contributed by atoms with Gasteiger partial charge in [0.1, 0.15) is 23.7 Å². The summed E-state index contributed by atoms with van der Waals surface area (Å²) in [5, 5.41) is 7.53. The summed E-state index contributed by atoms with van der Waals surface area (Å²) in [7, 11) is 5.24. The first-order valence-electron chi connectivity index (χ1n) is 6.99. The SMILES string of the molecule is CCn1ncnc1CC(NC)c1ccc(OC)cc1OC. The third kappa shape index (κ3) is 3.33. The van der Waals surface area contributed by atoms with E-state index in [1.807, 2.05) is 29.9 Å². The molecule has 0 aliphatic heterocycles. The van der Waals surface area contributed by atoms with Crippen LogP contribution in [0.1, 0.15) is 24.4 Å². The molecular formula is C15H22N4O2. The first-order valence-corrected chi connectivity index (χ1v) is 6.99. The van der Waals surface area contributed by atoms with E-state index in [0.717, 1.165) is 35.9 Å². The van der Waals surface area contributed by atoms with Gasteiger partial charge in [0, 0.05) is 30.6 Å². The van der Waals surface area contributed by atoms with Gasteiger partial charge in [-0.25, -0.2) is 4.98 Å². The van der Waals surface area contributed by atoms with Crippen LogP contribution in [0.25, 0.3) is 0 Å². The average Bonchev–Trinajstić information content (AvgIpc) is 2.99. The van der Waals surface area contributed by atoms with Gasteiger partial charge in [0.2, 0.25) is 0 Å². The number of likely N-dealkylation sites (N-methyl/N-ethyl adjacent to an activating group) is 1. The smallest absolute Gasteiger partial charge is 0.138 e. The van der Waals surface area contributed by atoms with Crippen LogP contribution in [-0.4, -0.2) is 36.0 Å². The lowest BCUT2D eigenvalue weighted by molar-refractivity contribution is 0.384. The highest BCUT2D eigenvalue weighted by Gasteiger charge is 2.18. The molecule has 0 saturated heterocycles. The van der Waals surface area contributed by atoms with Crippen LogP contribution >= 0.6 is 0 Å². The molecule has 1 aromatic carbocycles. The summed E-state index contributed by atoms with van der Waals surface area (Å²) in [5.41, 5.74) is 1.08. The van der Waals surface area contributed by atoms with Crippen LogP contribution in [0, 0.1) is 0 Å². The molecule has 1 heterocycles. The molecule has 0 fully saturated rings. The molecule has 0 amide bonds. The Labute approximate surface area is 125 Å². The van der Waals surface area contributed by atoms with E-state index in [-0.39, 0.29) is 6.04 Å². The van der Waals surface area contributed by atoms with Crippen LogP contribution < -0.4 is 14.8 Å².